The lowest BCUT2D eigenvalue weighted by Crippen LogP contribution is -2.33. The third-order valence-corrected chi connectivity index (χ3v) is 5.33. The number of hydrogen-bond donors (Lipinski definition) is 0. The first kappa shape index (κ1) is 21.2. The summed E-state index contributed by atoms with van der Waals surface area (Å²) in [6.45, 7) is 0. The van der Waals surface area contributed by atoms with E-state index in [9.17, 15) is 22.2 Å². The molecule has 1 aromatic heterocycles. The molecule has 0 amide bonds. The van der Waals surface area contributed by atoms with Crippen LogP contribution in [0.2, 0.25) is 0 Å². The predicted molar refractivity (Wildman–Crippen MR) is 91.1 cm³/mol. The molecule has 0 saturated carbocycles. The first-order valence-corrected chi connectivity index (χ1v) is 9.58. The van der Waals surface area contributed by atoms with Crippen molar-refractivity contribution in [3.05, 3.63) is 28.5 Å². The van der Waals surface area contributed by atoms with Crippen molar-refractivity contribution in [2.75, 3.05) is 25.6 Å². The van der Waals surface area contributed by atoms with Crippen LogP contribution in [0.4, 0.5) is 13.2 Å². The van der Waals surface area contributed by atoms with E-state index in [2.05, 4.69) is 20.9 Å². The Labute approximate surface area is 150 Å². The normalized spacial score (nSPS) is 22.5. The van der Waals surface area contributed by atoms with Crippen LogP contribution in [0.1, 0.15) is 24.6 Å². The Hall–Kier alpha value is -0.800. The maximum Gasteiger partial charge on any atom is 0.409 e. The van der Waals surface area contributed by atoms with Crippen LogP contribution in [0.5, 0.6) is 0 Å². The molecule has 1 aromatic rings. The second kappa shape index (κ2) is 9.62. The standard InChI is InChI=1S/C9H10BrF3N2.C6H10O2S/c1-15(2)8(9(11,12)13)7-4-3-6(10)5-14-7;7-5-6-1-3-9(8)4-2-6/h3-5,8H,1-2H3;5-6H,1-4H2. The van der Waals surface area contributed by atoms with E-state index in [-0.39, 0.29) is 11.6 Å². The molecule has 24 heavy (non-hydrogen) atoms. The zero-order valence-corrected chi connectivity index (χ0v) is 15.8. The fraction of sp³-hybridized carbons (Fsp3) is 0.600. The topological polar surface area (TPSA) is 50.3 Å². The second-order valence-electron chi connectivity index (χ2n) is 5.63. The van der Waals surface area contributed by atoms with Crippen molar-refractivity contribution in [2.24, 2.45) is 5.92 Å². The van der Waals surface area contributed by atoms with Crippen LogP contribution in [0, 0.1) is 5.92 Å². The number of aromatic nitrogens is 1. The van der Waals surface area contributed by atoms with E-state index in [0.29, 0.717) is 4.47 Å². The third kappa shape index (κ3) is 6.98. The van der Waals surface area contributed by atoms with Crippen molar-refractivity contribution in [1.29, 1.82) is 0 Å². The van der Waals surface area contributed by atoms with Gasteiger partial charge >= 0.3 is 6.18 Å². The number of halogens is 4. The van der Waals surface area contributed by atoms with Crippen LogP contribution in [0.15, 0.2) is 22.8 Å². The number of alkyl halides is 3. The molecule has 0 spiro atoms. The second-order valence-corrected chi connectivity index (χ2v) is 8.24. The summed E-state index contributed by atoms with van der Waals surface area (Å²) in [6, 6.07) is 1.25. The Balaban J connectivity index is 0.000000272. The lowest BCUT2D eigenvalue weighted by Gasteiger charge is -2.25. The van der Waals surface area contributed by atoms with Crippen molar-refractivity contribution in [3.8, 4) is 0 Å². The van der Waals surface area contributed by atoms with Crippen molar-refractivity contribution < 1.29 is 22.2 Å². The summed E-state index contributed by atoms with van der Waals surface area (Å²) in [4.78, 5) is 15.0. The summed E-state index contributed by atoms with van der Waals surface area (Å²) < 4.78 is 49.4. The van der Waals surface area contributed by atoms with Gasteiger partial charge in [-0.15, -0.1) is 0 Å². The number of aldehydes is 1. The van der Waals surface area contributed by atoms with Crippen LogP contribution in [-0.4, -0.2) is 52.2 Å². The van der Waals surface area contributed by atoms with E-state index in [1.807, 2.05) is 0 Å². The van der Waals surface area contributed by atoms with Crippen LogP contribution in [-0.2, 0) is 15.6 Å². The van der Waals surface area contributed by atoms with Crippen LogP contribution >= 0.6 is 15.9 Å². The summed E-state index contributed by atoms with van der Waals surface area (Å²) in [5, 5.41) is 0. The number of pyridine rings is 1. The fourth-order valence-electron chi connectivity index (χ4n) is 2.22. The molecule has 1 atom stereocenters. The molecule has 1 aliphatic heterocycles. The van der Waals surface area contributed by atoms with Gasteiger partial charge < -0.3 is 4.79 Å². The van der Waals surface area contributed by atoms with Crippen molar-refractivity contribution in [2.45, 2.75) is 25.1 Å². The number of rotatable bonds is 3. The zero-order chi connectivity index (χ0) is 18.3. The average Bonchev–Trinajstić information content (AvgIpc) is 2.49. The van der Waals surface area contributed by atoms with Gasteiger partial charge in [-0.25, -0.2) is 0 Å². The van der Waals surface area contributed by atoms with E-state index in [1.54, 1.807) is 6.07 Å². The SMILES string of the molecule is CN(C)C(c1ccc(Br)cn1)C(F)(F)F.O=CC1CCS(=O)CC1. The Kier molecular flexibility index (Phi) is 8.52. The molecule has 1 fully saturated rings. The third-order valence-electron chi connectivity index (χ3n) is 3.48. The van der Waals surface area contributed by atoms with Crippen LogP contribution in [0.3, 0.4) is 0 Å². The molecule has 0 aromatic carbocycles. The average molecular weight is 429 g/mol. The minimum absolute atomic E-state index is 0.00398. The molecule has 1 saturated heterocycles. The monoisotopic (exact) mass is 428 g/mol. The molecule has 2 rings (SSSR count). The highest BCUT2D eigenvalue weighted by Crippen LogP contribution is 2.35. The molecule has 136 valence electrons. The molecular weight excluding hydrogens is 409 g/mol. The maximum atomic E-state index is 12.7. The molecular formula is C15H20BrF3N2O2S. The lowest BCUT2D eigenvalue weighted by molar-refractivity contribution is -0.180. The Morgan fingerprint density at radius 1 is 1.33 bits per heavy atom. The molecule has 1 aliphatic rings. The van der Waals surface area contributed by atoms with Gasteiger partial charge in [0.05, 0.1) is 5.69 Å². The van der Waals surface area contributed by atoms with E-state index >= 15 is 0 Å². The lowest BCUT2D eigenvalue weighted by atomic mass is 10.1. The molecule has 0 N–H and O–H groups in total. The highest BCUT2D eigenvalue weighted by molar-refractivity contribution is 9.10. The number of nitrogens with zero attached hydrogens (tertiary/aromatic N) is 2. The van der Waals surface area contributed by atoms with Gasteiger partial charge in [0.15, 0.2) is 0 Å². The maximum absolute atomic E-state index is 12.7. The van der Waals surface area contributed by atoms with Gasteiger partial charge in [0.1, 0.15) is 12.3 Å². The molecule has 2 heterocycles. The first-order chi connectivity index (χ1) is 11.1. The minimum Gasteiger partial charge on any atom is -0.303 e. The van der Waals surface area contributed by atoms with Gasteiger partial charge in [-0.1, -0.05) is 0 Å². The summed E-state index contributed by atoms with van der Waals surface area (Å²) in [6.07, 6.45) is -0.315. The highest BCUT2D eigenvalue weighted by atomic mass is 79.9. The van der Waals surface area contributed by atoms with Gasteiger partial charge in [-0.2, -0.15) is 13.2 Å². The summed E-state index contributed by atoms with van der Waals surface area (Å²) in [5.74, 6) is 1.65. The van der Waals surface area contributed by atoms with Gasteiger partial charge in [0.2, 0.25) is 0 Å². The van der Waals surface area contributed by atoms with Crippen LogP contribution in [0.25, 0.3) is 0 Å². The molecule has 0 aliphatic carbocycles. The highest BCUT2D eigenvalue weighted by Gasteiger charge is 2.43. The summed E-state index contributed by atoms with van der Waals surface area (Å²) >= 11 is 3.12. The predicted octanol–water partition coefficient (Wildman–Crippen LogP) is 3.35. The zero-order valence-electron chi connectivity index (χ0n) is 13.4. The summed E-state index contributed by atoms with van der Waals surface area (Å²) in [5.41, 5.74) is -0.00398. The summed E-state index contributed by atoms with van der Waals surface area (Å²) in [7, 11) is 2.13. The van der Waals surface area contributed by atoms with Gasteiger partial charge in [-0.3, -0.25) is 14.1 Å². The number of hydrogen-bond acceptors (Lipinski definition) is 4. The number of carbonyl (C=O) groups is 1. The van der Waals surface area contributed by atoms with E-state index in [0.717, 1.165) is 35.5 Å². The Bertz CT molecular complexity index is 543. The fourth-order valence-corrected chi connectivity index (χ4v) is 3.79. The van der Waals surface area contributed by atoms with E-state index < -0.39 is 23.0 Å². The van der Waals surface area contributed by atoms with E-state index in [4.69, 9.17) is 0 Å². The van der Waals surface area contributed by atoms with Gasteiger partial charge in [0, 0.05) is 38.9 Å². The van der Waals surface area contributed by atoms with Gasteiger partial charge in [0.25, 0.3) is 0 Å². The Morgan fingerprint density at radius 3 is 2.29 bits per heavy atom. The molecule has 1 unspecified atom stereocenters. The van der Waals surface area contributed by atoms with Crippen molar-refractivity contribution in [3.63, 3.8) is 0 Å². The largest absolute Gasteiger partial charge is 0.409 e. The smallest absolute Gasteiger partial charge is 0.303 e. The number of carbonyl (C=O) groups excluding carboxylic acids is 1. The molecule has 4 nitrogen and oxygen atoms in total. The first-order valence-electron chi connectivity index (χ1n) is 7.30. The molecule has 0 bridgehead atoms. The van der Waals surface area contributed by atoms with Gasteiger partial charge in [-0.05, 0) is 55.0 Å². The molecule has 0 radical (unpaired) electrons. The van der Waals surface area contributed by atoms with E-state index in [1.165, 1.54) is 26.4 Å². The quantitative estimate of drug-likeness (QED) is 0.692. The van der Waals surface area contributed by atoms with Crippen molar-refractivity contribution in [1.82, 2.24) is 9.88 Å². The molecule has 9 heteroatoms. The Morgan fingerprint density at radius 2 is 1.92 bits per heavy atom. The van der Waals surface area contributed by atoms with Crippen LogP contribution < -0.4 is 0 Å². The van der Waals surface area contributed by atoms with Crippen molar-refractivity contribution >= 4 is 33.0 Å². The minimum atomic E-state index is -4.32.